The molecule has 4 aromatic rings. The summed E-state index contributed by atoms with van der Waals surface area (Å²) in [4.78, 5) is 37.2. The summed E-state index contributed by atoms with van der Waals surface area (Å²) in [7, 11) is 1.46. The normalized spacial score (nSPS) is 12.0. The summed E-state index contributed by atoms with van der Waals surface area (Å²) in [6.45, 7) is 2.21. The number of pyridine rings is 1. The summed E-state index contributed by atoms with van der Waals surface area (Å²) >= 11 is 0. The van der Waals surface area contributed by atoms with Gasteiger partial charge in [0.1, 0.15) is 12.2 Å². The molecule has 0 saturated carbocycles. The average Bonchev–Trinajstić information content (AvgIpc) is 3.34. The van der Waals surface area contributed by atoms with Crippen molar-refractivity contribution in [2.24, 2.45) is 0 Å². The number of hydrogen-bond donors (Lipinski definition) is 4. The highest BCUT2D eigenvalue weighted by Gasteiger charge is 2.27. The Morgan fingerprint density at radius 3 is 2.53 bits per heavy atom. The number of fused-ring (bicyclic) bond motifs is 1. The first-order valence-electron chi connectivity index (χ1n) is 11.4. The molecule has 0 aliphatic carbocycles. The fourth-order valence-corrected chi connectivity index (χ4v) is 3.44. The molecule has 194 valence electrons. The number of aromatic nitrogens is 5. The van der Waals surface area contributed by atoms with E-state index in [1.54, 1.807) is 28.8 Å². The number of carbonyl (C=O) groups excluding carboxylic acids is 2. The van der Waals surface area contributed by atoms with Gasteiger partial charge in [-0.1, -0.05) is 0 Å². The van der Waals surface area contributed by atoms with Gasteiger partial charge in [-0.05, 0) is 38.1 Å². The van der Waals surface area contributed by atoms with Crippen LogP contribution in [-0.4, -0.2) is 66.9 Å². The van der Waals surface area contributed by atoms with Crippen LogP contribution in [0.5, 0.6) is 0 Å². The summed E-state index contributed by atoms with van der Waals surface area (Å²) in [6.07, 6.45) is 3.81. The predicted octanol–water partition coefficient (Wildman–Crippen LogP) is 2.00. The van der Waals surface area contributed by atoms with Crippen molar-refractivity contribution in [2.75, 3.05) is 18.9 Å². The number of carbonyl (C=O) groups is 2. The Bertz CT molecular complexity index is 1540. The lowest BCUT2D eigenvalue weighted by molar-refractivity contribution is -0.00177. The van der Waals surface area contributed by atoms with Crippen LogP contribution < -0.4 is 16.0 Å². The molecule has 13 heteroatoms. The molecule has 12 nitrogen and oxygen atoms in total. The van der Waals surface area contributed by atoms with Gasteiger partial charge in [0.05, 0.1) is 70.1 Å². The Morgan fingerprint density at radius 2 is 1.87 bits per heavy atom. The highest BCUT2D eigenvalue weighted by atomic mass is 19.1. The number of anilines is 2. The van der Waals surface area contributed by atoms with Crippen LogP contribution in [0.1, 0.15) is 40.4 Å². The van der Waals surface area contributed by atoms with E-state index in [0.717, 1.165) is 0 Å². The summed E-state index contributed by atoms with van der Waals surface area (Å²) < 4.78 is 15.8. The zero-order chi connectivity index (χ0) is 27.4. The molecule has 1 unspecified atom stereocenters. The van der Waals surface area contributed by atoms with Crippen molar-refractivity contribution in [1.82, 2.24) is 35.2 Å². The van der Waals surface area contributed by atoms with Crippen molar-refractivity contribution in [2.45, 2.75) is 25.6 Å². The molecular formula is C25H24FN9O3. The van der Waals surface area contributed by atoms with Crippen molar-refractivity contribution in [3.05, 3.63) is 66.0 Å². The Kier molecular flexibility index (Phi) is 7.26. The highest BCUT2D eigenvalue weighted by molar-refractivity contribution is 6.00. The lowest BCUT2D eigenvalue weighted by atomic mass is 10.0. The second-order valence-corrected chi connectivity index (χ2v) is 8.86. The summed E-state index contributed by atoms with van der Waals surface area (Å²) in [6, 6.07) is 8.88. The first kappa shape index (κ1) is 26.1. The number of rotatable bonds is 8. The number of alkyl halides is 1. The predicted molar refractivity (Wildman–Crippen MR) is 135 cm³/mol. The van der Waals surface area contributed by atoms with Gasteiger partial charge in [0.15, 0.2) is 0 Å². The average molecular weight is 518 g/mol. The van der Waals surface area contributed by atoms with Gasteiger partial charge in [0, 0.05) is 13.2 Å². The third-order valence-electron chi connectivity index (χ3n) is 5.61. The molecule has 0 spiro atoms. The summed E-state index contributed by atoms with van der Waals surface area (Å²) in [5, 5.41) is 31.2. The molecule has 0 aliphatic rings. The molecule has 0 aliphatic heterocycles. The van der Waals surface area contributed by atoms with Crippen LogP contribution in [0.3, 0.4) is 0 Å². The standard InChI is InChI=1S/C25H24FN9O3/c1-25(2,38)21(26)13-32-23(36)17-12-29-19(20-5-4-16-6-14(8-27)9-33-35(16)20)7-18(17)34-15-10-30-22(31-11-15)24(37)28-3/h4-7,9-12,21,38H,13H2,1-3H3,(H,28,37)(H,29,34)(H,32,36). The minimum Gasteiger partial charge on any atom is -0.387 e. The molecule has 4 rings (SSSR count). The van der Waals surface area contributed by atoms with Crippen molar-refractivity contribution in [3.8, 4) is 17.5 Å². The fraction of sp³-hybridized carbons (Fsp3) is 0.240. The monoisotopic (exact) mass is 517 g/mol. The molecule has 4 heterocycles. The third kappa shape index (κ3) is 5.55. The van der Waals surface area contributed by atoms with Crippen LogP contribution in [0.25, 0.3) is 16.9 Å². The van der Waals surface area contributed by atoms with Gasteiger partial charge in [-0.15, -0.1) is 0 Å². The molecule has 4 aromatic heterocycles. The van der Waals surface area contributed by atoms with Gasteiger partial charge in [-0.2, -0.15) is 10.4 Å². The fourth-order valence-electron chi connectivity index (χ4n) is 3.44. The first-order chi connectivity index (χ1) is 18.1. The molecule has 1 atom stereocenters. The first-order valence-corrected chi connectivity index (χ1v) is 11.4. The Labute approximate surface area is 216 Å². The number of nitriles is 1. The minimum atomic E-state index is -1.70. The maximum atomic E-state index is 14.2. The Balaban J connectivity index is 1.70. The van der Waals surface area contributed by atoms with Crippen LogP contribution in [0, 0.1) is 11.3 Å². The number of nitrogens with zero attached hydrogens (tertiary/aromatic N) is 6. The second kappa shape index (κ2) is 10.6. The molecule has 38 heavy (non-hydrogen) atoms. The zero-order valence-electron chi connectivity index (χ0n) is 20.7. The molecular weight excluding hydrogens is 493 g/mol. The number of aliphatic hydroxyl groups is 1. The second-order valence-electron chi connectivity index (χ2n) is 8.86. The largest absolute Gasteiger partial charge is 0.387 e. The van der Waals surface area contributed by atoms with E-state index in [-0.39, 0.29) is 11.4 Å². The SMILES string of the molecule is CNC(=O)c1ncc(Nc2cc(-c3ccc4cc(C#N)cnn34)ncc2C(=O)NCC(F)C(C)(C)O)cn1. The number of hydrogen-bond acceptors (Lipinski definition) is 9. The molecule has 2 amide bonds. The highest BCUT2D eigenvalue weighted by Crippen LogP contribution is 2.27. The van der Waals surface area contributed by atoms with Crippen LogP contribution in [0.2, 0.25) is 0 Å². The van der Waals surface area contributed by atoms with E-state index in [9.17, 15) is 19.1 Å². The van der Waals surface area contributed by atoms with Crippen LogP contribution in [-0.2, 0) is 0 Å². The molecule has 0 radical (unpaired) electrons. The smallest absolute Gasteiger partial charge is 0.288 e. The van der Waals surface area contributed by atoms with E-state index >= 15 is 0 Å². The van der Waals surface area contributed by atoms with E-state index in [0.29, 0.717) is 33.8 Å². The lowest BCUT2D eigenvalue weighted by Crippen LogP contribution is -2.42. The lowest BCUT2D eigenvalue weighted by Gasteiger charge is -2.22. The van der Waals surface area contributed by atoms with Crippen molar-refractivity contribution in [1.29, 1.82) is 5.26 Å². The summed E-state index contributed by atoms with van der Waals surface area (Å²) in [5.74, 6) is -1.12. The van der Waals surface area contributed by atoms with E-state index < -0.39 is 30.1 Å². The summed E-state index contributed by atoms with van der Waals surface area (Å²) in [5.41, 5.74) is 1.26. The molecule has 0 aromatic carbocycles. The maximum Gasteiger partial charge on any atom is 0.288 e. The van der Waals surface area contributed by atoms with Crippen LogP contribution >= 0.6 is 0 Å². The van der Waals surface area contributed by atoms with Gasteiger partial charge in [0.2, 0.25) is 5.82 Å². The topological polar surface area (TPSA) is 170 Å². The maximum absolute atomic E-state index is 14.2. The van der Waals surface area contributed by atoms with E-state index in [1.165, 1.54) is 45.7 Å². The van der Waals surface area contributed by atoms with E-state index in [2.05, 4.69) is 36.0 Å². The van der Waals surface area contributed by atoms with Gasteiger partial charge in [-0.25, -0.2) is 18.9 Å². The quantitative estimate of drug-likeness (QED) is 0.273. The van der Waals surface area contributed by atoms with Crippen LogP contribution in [0.15, 0.2) is 49.1 Å². The molecule has 4 N–H and O–H groups in total. The van der Waals surface area contributed by atoms with Crippen molar-refractivity contribution < 1.29 is 19.1 Å². The van der Waals surface area contributed by atoms with Gasteiger partial charge < -0.3 is 21.1 Å². The molecule has 0 bridgehead atoms. The Morgan fingerprint density at radius 1 is 1.13 bits per heavy atom. The molecule has 0 fully saturated rings. The molecule has 0 saturated heterocycles. The zero-order valence-corrected chi connectivity index (χ0v) is 20.7. The van der Waals surface area contributed by atoms with E-state index in [4.69, 9.17) is 5.26 Å². The van der Waals surface area contributed by atoms with Gasteiger partial charge in [-0.3, -0.25) is 14.6 Å². The number of nitrogens with one attached hydrogen (secondary N) is 3. The Hall–Kier alpha value is -4.96. The van der Waals surface area contributed by atoms with Crippen LogP contribution in [0.4, 0.5) is 15.8 Å². The third-order valence-corrected chi connectivity index (χ3v) is 5.61. The number of amides is 2. The van der Waals surface area contributed by atoms with Crippen molar-refractivity contribution >= 4 is 28.7 Å². The van der Waals surface area contributed by atoms with E-state index in [1.807, 2.05) is 6.07 Å². The van der Waals surface area contributed by atoms with Gasteiger partial charge in [0.25, 0.3) is 11.8 Å². The minimum absolute atomic E-state index is 0.0329. The van der Waals surface area contributed by atoms with Crippen molar-refractivity contribution in [3.63, 3.8) is 0 Å². The number of halogens is 1. The van der Waals surface area contributed by atoms with Gasteiger partial charge >= 0.3 is 0 Å².